The summed E-state index contributed by atoms with van der Waals surface area (Å²) in [6, 6.07) is 17.2. The molecule has 1 heterocycles. The Kier molecular flexibility index (Phi) is 5.19. The minimum atomic E-state index is -0.137. The summed E-state index contributed by atoms with van der Waals surface area (Å²) >= 11 is 0. The van der Waals surface area contributed by atoms with Gasteiger partial charge < -0.3 is 10.6 Å². The minimum Gasteiger partial charge on any atom is -0.349 e. The van der Waals surface area contributed by atoms with Crippen molar-refractivity contribution in [1.29, 1.82) is 0 Å². The first-order chi connectivity index (χ1) is 13.7. The van der Waals surface area contributed by atoms with Crippen molar-refractivity contribution in [3.8, 4) is 5.69 Å². The highest BCUT2D eigenvalue weighted by molar-refractivity contribution is 6.03. The van der Waals surface area contributed by atoms with Gasteiger partial charge in [0, 0.05) is 18.7 Å². The summed E-state index contributed by atoms with van der Waals surface area (Å²) in [6.07, 6.45) is 6.65. The molecule has 0 atom stereocenters. The Hall–Kier alpha value is -3.41. The standard InChI is InChI=1S/C22H22N4O2/c27-21(13-10-16-14-23-26(15-16)18-6-2-1-3-7-18)25-20-9-5-4-8-19(20)22(28)24-17-11-12-17/h1-9,14-15,17H,10-13H2,(H,24,28)(H,25,27). The quantitative estimate of drug-likeness (QED) is 0.666. The number of nitrogens with one attached hydrogen (secondary N) is 2. The first-order valence-electron chi connectivity index (χ1n) is 9.48. The summed E-state index contributed by atoms with van der Waals surface area (Å²) in [7, 11) is 0. The number of amides is 2. The molecule has 0 radical (unpaired) electrons. The van der Waals surface area contributed by atoms with E-state index in [9.17, 15) is 9.59 Å². The number of para-hydroxylation sites is 2. The van der Waals surface area contributed by atoms with E-state index in [1.807, 2.05) is 42.6 Å². The van der Waals surface area contributed by atoms with Crippen LogP contribution in [-0.2, 0) is 11.2 Å². The number of hydrogen-bond donors (Lipinski definition) is 2. The Labute approximate surface area is 163 Å². The Bertz CT molecular complexity index is 977. The van der Waals surface area contributed by atoms with Gasteiger partial charge in [-0.3, -0.25) is 9.59 Å². The number of nitrogens with zero attached hydrogens (tertiary/aromatic N) is 2. The second-order valence-corrected chi connectivity index (χ2v) is 6.97. The maximum atomic E-state index is 12.4. The molecule has 4 rings (SSSR count). The smallest absolute Gasteiger partial charge is 0.253 e. The summed E-state index contributed by atoms with van der Waals surface area (Å²) in [6.45, 7) is 0. The van der Waals surface area contributed by atoms with Gasteiger partial charge in [0.05, 0.1) is 23.1 Å². The van der Waals surface area contributed by atoms with Crippen molar-refractivity contribution in [2.75, 3.05) is 5.32 Å². The molecule has 0 aliphatic heterocycles. The molecular formula is C22H22N4O2. The summed E-state index contributed by atoms with van der Waals surface area (Å²) in [4.78, 5) is 24.7. The van der Waals surface area contributed by atoms with Crippen molar-refractivity contribution in [2.24, 2.45) is 0 Å². The molecule has 6 nitrogen and oxygen atoms in total. The van der Waals surface area contributed by atoms with Crippen molar-refractivity contribution >= 4 is 17.5 Å². The lowest BCUT2D eigenvalue weighted by molar-refractivity contribution is -0.116. The van der Waals surface area contributed by atoms with Crippen LogP contribution < -0.4 is 10.6 Å². The van der Waals surface area contributed by atoms with Gasteiger partial charge in [-0.1, -0.05) is 30.3 Å². The molecule has 1 aliphatic rings. The van der Waals surface area contributed by atoms with E-state index < -0.39 is 0 Å². The molecule has 3 aromatic rings. The monoisotopic (exact) mass is 374 g/mol. The third-order valence-corrected chi connectivity index (χ3v) is 4.66. The Morgan fingerprint density at radius 1 is 1.04 bits per heavy atom. The minimum absolute atomic E-state index is 0.126. The first-order valence-corrected chi connectivity index (χ1v) is 9.48. The summed E-state index contributed by atoms with van der Waals surface area (Å²) in [5.74, 6) is -0.262. The molecule has 2 aromatic carbocycles. The molecule has 0 saturated heterocycles. The fourth-order valence-corrected chi connectivity index (χ4v) is 2.96. The van der Waals surface area contributed by atoms with E-state index in [4.69, 9.17) is 0 Å². The summed E-state index contributed by atoms with van der Waals surface area (Å²) in [5.41, 5.74) is 3.01. The van der Waals surface area contributed by atoms with Gasteiger partial charge in [-0.2, -0.15) is 5.10 Å². The lowest BCUT2D eigenvalue weighted by atomic mass is 10.1. The topological polar surface area (TPSA) is 76.0 Å². The third kappa shape index (κ3) is 4.46. The maximum absolute atomic E-state index is 12.4. The van der Waals surface area contributed by atoms with Gasteiger partial charge in [0.25, 0.3) is 5.91 Å². The molecular weight excluding hydrogens is 352 g/mol. The Morgan fingerprint density at radius 3 is 2.57 bits per heavy atom. The van der Waals surface area contributed by atoms with Gasteiger partial charge in [0.2, 0.25) is 5.91 Å². The van der Waals surface area contributed by atoms with Gasteiger partial charge in [-0.25, -0.2) is 4.68 Å². The number of anilines is 1. The van der Waals surface area contributed by atoms with Gasteiger partial charge >= 0.3 is 0 Å². The molecule has 0 bridgehead atoms. The number of carbonyl (C=O) groups excluding carboxylic acids is 2. The van der Waals surface area contributed by atoms with Crippen molar-refractivity contribution in [3.05, 3.63) is 78.1 Å². The molecule has 28 heavy (non-hydrogen) atoms. The number of hydrogen-bond acceptors (Lipinski definition) is 3. The summed E-state index contributed by atoms with van der Waals surface area (Å²) < 4.78 is 1.80. The average molecular weight is 374 g/mol. The Morgan fingerprint density at radius 2 is 1.79 bits per heavy atom. The van der Waals surface area contributed by atoms with E-state index in [1.165, 1.54) is 0 Å². The number of aromatic nitrogens is 2. The molecule has 1 aliphatic carbocycles. The maximum Gasteiger partial charge on any atom is 0.253 e. The highest BCUT2D eigenvalue weighted by atomic mass is 16.2. The van der Waals surface area contributed by atoms with Crippen LogP contribution >= 0.6 is 0 Å². The normalized spacial score (nSPS) is 13.1. The zero-order valence-corrected chi connectivity index (χ0v) is 15.5. The van der Waals surface area contributed by atoms with Crippen molar-refractivity contribution < 1.29 is 9.59 Å². The molecule has 1 aromatic heterocycles. The lowest BCUT2D eigenvalue weighted by Gasteiger charge is -2.11. The van der Waals surface area contributed by atoms with Crippen molar-refractivity contribution in [2.45, 2.75) is 31.7 Å². The van der Waals surface area contributed by atoms with E-state index in [0.29, 0.717) is 24.1 Å². The number of rotatable bonds is 7. The second kappa shape index (κ2) is 8.08. The van der Waals surface area contributed by atoms with Gasteiger partial charge in [0.1, 0.15) is 0 Å². The average Bonchev–Trinajstić information content (AvgIpc) is 3.40. The second-order valence-electron chi connectivity index (χ2n) is 6.97. The van der Waals surface area contributed by atoms with E-state index in [0.717, 1.165) is 24.1 Å². The van der Waals surface area contributed by atoms with Crippen LogP contribution in [-0.4, -0.2) is 27.6 Å². The van der Waals surface area contributed by atoms with Crippen LogP contribution in [0.2, 0.25) is 0 Å². The number of carbonyl (C=O) groups is 2. The molecule has 142 valence electrons. The molecule has 6 heteroatoms. The molecule has 2 N–H and O–H groups in total. The van der Waals surface area contributed by atoms with Crippen molar-refractivity contribution in [3.63, 3.8) is 0 Å². The van der Waals surface area contributed by atoms with E-state index in [-0.39, 0.29) is 17.9 Å². The van der Waals surface area contributed by atoms with Crippen molar-refractivity contribution in [1.82, 2.24) is 15.1 Å². The predicted octanol–water partition coefficient (Wildman–Crippen LogP) is 3.34. The highest BCUT2D eigenvalue weighted by Gasteiger charge is 2.25. The SMILES string of the molecule is O=C(CCc1cnn(-c2ccccc2)c1)Nc1ccccc1C(=O)NC1CC1. The van der Waals surface area contributed by atoms with Gasteiger partial charge in [0.15, 0.2) is 0 Å². The van der Waals surface area contributed by atoms with E-state index in [2.05, 4.69) is 15.7 Å². The summed E-state index contributed by atoms with van der Waals surface area (Å²) in [5, 5.41) is 10.2. The molecule has 1 fully saturated rings. The number of aryl methyl sites for hydroxylation is 1. The zero-order chi connectivity index (χ0) is 19.3. The fraction of sp³-hybridized carbons (Fsp3) is 0.227. The third-order valence-electron chi connectivity index (χ3n) is 4.66. The van der Waals surface area contributed by atoms with Crippen LogP contribution in [0.25, 0.3) is 5.69 Å². The van der Waals surface area contributed by atoms with Gasteiger partial charge in [-0.05, 0) is 49.1 Å². The highest BCUT2D eigenvalue weighted by Crippen LogP contribution is 2.21. The Balaban J connectivity index is 1.35. The van der Waals surface area contributed by atoms with Crippen LogP contribution in [0.3, 0.4) is 0 Å². The number of benzene rings is 2. The zero-order valence-electron chi connectivity index (χ0n) is 15.5. The lowest BCUT2D eigenvalue weighted by Crippen LogP contribution is -2.27. The van der Waals surface area contributed by atoms with Crippen LogP contribution in [0.5, 0.6) is 0 Å². The molecule has 0 spiro atoms. The molecule has 0 unspecified atom stereocenters. The van der Waals surface area contributed by atoms with Crippen LogP contribution in [0, 0.1) is 0 Å². The van der Waals surface area contributed by atoms with E-state index in [1.54, 1.807) is 29.1 Å². The van der Waals surface area contributed by atoms with Crippen LogP contribution in [0.4, 0.5) is 5.69 Å². The van der Waals surface area contributed by atoms with Gasteiger partial charge in [-0.15, -0.1) is 0 Å². The first kappa shape index (κ1) is 18.0. The predicted molar refractivity (Wildman–Crippen MR) is 107 cm³/mol. The molecule has 2 amide bonds. The van der Waals surface area contributed by atoms with E-state index >= 15 is 0 Å². The largest absolute Gasteiger partial charge is 0.349 e. The van der Waals surface area contributed by atoms with Crippen LogP contribution in [0.1, 0.15) is 35.2 Å². The fourth-order valence-electron chi connectivity index (χ4n) is 2.96. The van der Waals surface area contributed by atoms with Crippen LogP contribution in [0.15, 0.2) is 67.0 Å². The molecule has 1 saturated carbocycles.